The number of ether oxygens (including phenoxy) is 3. The highest BCUT2D eigenvalue weighted by Crippen LogP contribution is 2.27. The number of hydrogen-bond donors (Lipinski definition) is 1. The Balaban J connectivity index is 1.38. The van der Waals surface area contributed by atoms with Crippen LogP contribution in [0, 0.1) is 11.3 Å². The van der Waals surface area contributed by atoms with Crippen molar-refractivity contribution >= 4 is 5.91 Å². The van der Waals surface area contributed by atoms with E-state index < -0.39 is 18.4 Å². The molecule has 0 saturated heterocycles. The van der Waals surface area contributed by atoms with E-state index in [1.54, 1.807) is 18.2 Å². The Kier molecular flexibility index (Phi) is 5.26. The Bertz CT molecular complexity index is 973. The van der Waals surface area contributed by atoms with Gasteiger partial charge in [0.05, 0.1) is 17.7 Å². The van der Waals surface area contributed by atoms with Gasteiger partial charge in [-0.25, -0.2) is 4.68 Å². The van der Waals surface area contributed by atoms with Gasteiger partial charge < -0.3 is 14.8 Å². The highest BCUT2D eigenvalue weighted by molar-refractivity contribution is 5.92. The highest BCUT2D eigenvalue weighted by Gasteiger charge is 2.35. The molecule has 1 amide bonds. The average molecular weight is 422 g/mol. The van der Waals surface area contributed by atoms with Crippen molar-refractivity contribution in [2.75, 3.05) is 13.2 Å². The fourth-order valence-corrected chi connectivity index (χ4v) is 3.41. The third kappa shape index (κ3) is 4.49. The molecule has 158 valence electrons. The number of carbonyl (C=O) groups is 1. The van der Waals surface area contributed by atoms with Gasteiger partial charge in [0.25, 0.3) is 5.91 Å². The van der Waals surface area contributed by atoms with Crippen molar-refractivity contribution in [1.82, 2.24) is 15.1 Å². The molecule has 0 fully saturated rings. The van der Waals surface area contributed by atoms with Crippen LogP contribution in [0.25, 0.3) is 0 Å². The summed E-state index contributed by atoms with van der Waals surface area (Å²) in [6.07, 6.45) is -5.33. The molecule has 2 aromatic rings. The molecule has 2 atom stereocenters. The first-order valence-electron chi connectivity index (χ1n) is 9.22. The van der Waals surface area contributed by atoms with Crippen molar-refractivity contribution in [2.24, 2.45) is 0 Å². The number of aromatic nitrogens is 2. The molecule has 0 unspecified atom stereocenters. The first kappa shape index (κ1) is 20.0. The molecule has 2 aliphatic rings. The topological polar surface area (TPSA) is 98.4 Å². The number of aryl methyl sites for hydroxylation is 1. The largest absolute Gasteiger partial charge is 0.522 e. The Labute approximate surface area is 169 Å². The van der Waals surface area contributed by atoms with Gasteiger partial charge in [0, 0.05) is 12.6 Å². The summed E-state index contributed by atoms with van der Waals surface area (Å²) in [6.45, 7) is 0.103. The lowest BCUT2D eigenvalue weighted by atomic mass is 10.0. The standard InChI is InChI=1S/C19H17F3N4O4/c20-19(21,22)30-14-3-4-26-17(29-10-14)7-15(25-26)18(27)24-13-6-12-5-11(8-23)1-2-16(12)28-9-13/h1-2,5,7,13-14H,3-4,6,9-10H2,(H,24,27)/t13-,14+/m1/s1. The lowest BCUT2D eigenvalue weighted by Crippen LogP contribution is -2.42. The molecule has 11 heteroatoms. The zero-order valence-corrected chi connectivity index (χ0v) is 15.6. The Morgan fingerprint density at radius 1 is 1.30 bits per heavy atom. The molecule has 1 aromatic carbocycles. The maximum Gasteiger partial charge on any atom is 0.522 e. The third-order valence-corrected chi connectivity index (χ3v) is 4.79. The van der Waals surface area contributed by atoms with Crippen molar-refractivity contribution in [2.45, 2.75) is 37.9 Å². The normalized spacial score (nSPS) is 20.6. The summed E-state index contributed by atoms with van der Waals surface area (Å²) in [4.78, 5) is 12.6. The van der Waals surface area contributed by atoms with E-state index in [1.807, 2.05) is 0 Å². The molecule has 3 heterocycles. The zero-order valence-electron chi connectivity index (χ0n) is 15.6. The predicted octanol–water partition coefficient (Wildman–Crippen LogP) is 2.18. The number of nitriles is 1. The second kappa shape index (κ2) is 7.87. The van der Waals surface area contributed by atoms with Crippen LogP contribution in [0.4, 0.5) is 13.2 Å². The maximum absolute atomic E-state index is 12.6. The van der Waals surface area contributed by atoms with Crippen molar-refractivity contribution in [1.29, 1.82) is 5.26 Å². The zero-order chi connectivity index (χ0) is 21.3. The van der Waals surface area contributed by atoms with Gasteiger partial charge in [0.2, 0.25) is 5.88 Å². The van der Waals surface area contributed by atoms with Crippen LogP contribution in [0.15, 0.2) is 24.3 Å². The van der Waals surface area contributed by atoms with Crippen LogP contribution in [0.1, 0.15) is 28.0 Å². The van der Waals surface area contributed by atoms with E-state index in [9.17, 15) is 18.0 Å². The Morgan fingerprint density at radius 3 is 2.90 bits per heavy atom. The molecular weight excluding hydrogens is 405 g/mol. The molecule has 1 aromatic heterocycles. The monoisotopic (exact) mass is 422 g/mol. The molecule has 0 bridgehead atoms. The molecule has 0 spiro atoms. The number of halogens is 3. The first-order valence-corrected chi connectivity index (χ1v) is 9.22. The molecule has 2 aliphatic heterocycles. The third-order valence-electron chi connectivity index (χ3n) is 4.79. The van der Waals surface area contributed by atoms with Gasteiger partial charge in [0.15, 0.2) is 5.69 Å². The average Bonchev–Trinajstić information content (AvgIpc) is 3.03. The number of benzene rings is 1. The van der Waals surface area contributed by atoms with Crippen LogP contribution in [0.2, 0.25) is 0 Å². The van der Waals surface area contributed by atoms with E-state index in [0.717, 1.165) is 5.56 Å². The lowest BCUT2D eigenvalue weighted by molar-refractivity contribution is -0.345. The molecular formula is C19H17F3N4O4. The number of carbonyl (C=O) groups excluding carboxylic acids is 1. The number of rotatable bonds is 3. The summed E-state index contributed by atoms with van der Waals surface area (Å²) in [7, 11) is 0. The van der Waals surface area contributed by atoms with Gasteiger partial charge in [-0.15, -0.1) is 13.2 Å². The van der Waals surface area contributed by atoms with Gasteiger partial charge in [-0.05, 0) is 36.6 Å². The number of alkyl halides is 3. The van der Waals surface area contributed by atoms with E-state index in [2.05, 4.69) is 21.2 Å². The van der Waals surface area contributed by atoms with E-state index in [1.165, 1.54) is 10.7 Å². The smallest absolute Gasteiger partial charge is 0.491 e. The highest BCUT2D eigenvalue weighted by atomic mass is 19.4. The summed E-state index contributed by atoms with van der Waals surface area (Å²) >= 11 is 0. The number of nitrogens with zero attached hydrogens (tertiary/aromatic N) is 3. The van der Waals surface area contributed by atoms with Crippen molar-refractivity contribution in [3.05, 3.63) is 41.1 Å². The first-order chi connectivity index (χ1) is 14.3. The summed E-state index contributed by atoms with van der Waals surface area (Å²) < 4.78 is 53.5. The predicted molar refractivity (Wildman–Crippen MR) is 94.9 cm³/mol. The summed E-state index contributed by atoms with van der Waals surface area (Å²) in [5, 5.41) is 16.0. The summed E-state index contributed by atoms with van der Waals surface area (Å²) in [5.41, 5.74) is 1.43. The second-order valence-corrected chi connectivity index (χ2v) is 7.00. The molecule has 1 N–H and O–H groups in total. The van der Waals surface area contributed by atoms with Gasteiger partial charge in [0.1, 0.15) is 25.1 Å². The molecule has 0 saturated carbocycles. The number of fused-ring (bicyclic) bond motifs is 2. The van der Waals surface area contributed by atoms with Crippen molar-refractivity contribution < 1.29 is 32.2 Å². The number of amides is 1. The molecule has 0 aliphatic carbocycles. The van der Waals surface area contributed by atoms with Crippen LogP contribution in [0.3, 0.4) is 0 Å². The summed E-state index contributed by atoms with van der Waals surface area (Å²) in [5.74, 6) is 0.435. The van der Waals surface area contributed by atoms with Crippen molar-refractivity contribution in [3.63, 3.8) is 0 Å². The Hall–Kier alpha value is -3.26. The van der Waals surface area contributed by atoms with Crippen LogP contribution in [0.5, 0.6) is 11.6 Å². The number of nitrogens with one attached hydrogen (secondary N) is 1. The van der Waals surface area contributed by atoms with Crippen LogP contribution >= 0.6 is 0 Å². The fourth-order valence-electron chi connectivity index (χ4n) is 3.41. The van der Waals surface area contributed by atoms with Crippen molar-refractivity contribution in [3.8, 4) is 17.7 Å². The van der Waals surface area contributed by atoms with E-state index in [0.29, 0.717) is 17.7 Å². The van der Waals surface area contributed by atoms with E-state index >= 15 is 0 Å². The van der Waals surface area contributed by atoms with Gasteiger partial charge in [-0.1, -0.05) is 0 Å². The van der Waals surface area contributed by atoms with Gasteiger partial charge >= 0.3 is 6.36 Å². The molecule has 0 radical (unpaired) electrons. The number of hydrogen-bond acceptors (Lipinski definition) is 6. The van der Waals surface area contributed by atoms with Crippen LogP contribution in [-0.4, -0.2) is 47.4 Å². The van der Waals surface area contributed by atoms with E-state index in [-0.39, 0.29) is 43.8 Å². The maximum atomic E-state index is 12.6. The minimum Gasteiger partial charge on any atom is -0.491 e. The van der Waals surface area contributed by atoms with Gasteiger partial charge in [-0.3, -0.25) is 9.53 Å². The molecule has 8 nitrogen and oxygen atoms in total. The van der Waals surface area contributed by atoms with Crippen LogP contribution < -0.4 is 14.8 Å². The second-order valence-electron chi connectivity index (χ2n) is 7.00. The summed E-state index contributed by atoms with van der Waals surface area (Å²) in [6, 6.07) is 8.25. The fraction of sp³-hybridized carbons (Fsp3) is 0.421. The minimum absolute atomic E-state index is 0.0454. The molecule has 4 rings (SSSR count). The lowest BCUT2D eigenvalue weighted by Gasteiger charge is -2.26. The Morgan fingerprint density at radius 2 is 2.13 bits per heavy atom. The van der Waals surface area contributed by atoms with Gasteiger partial charge in [-0.2, -0.15) is 10.4 Å². The SMILES string of the molecule is N#Cc1ccc2c(c1)C[C@@H](NC(=O)c1cc3n(n1)CC[C@H](OC(F)(F)F)CO3)CO2. The quantitative estimate of drug-likeness (QED) is 0.814. The van der Waals surface area contributed by atoms with Crippen LogP contribution in [-0.2, 0) is 17.7 Å². The minimum atomic E-state index is -4.74. The molecule has 30 heavy (non-hydrogen) atoms. The van der Waals surface area contributed by atoms with E-state index in [4.69, 9.17) is 14.7 Å².